The van der Waals surface area contributed by atoms with Gasteiger partial charge in [-0.3, -0.25) is 9.69 Å². The number of hydrogen-bond acceptors (Lipinski definition) is 2. The van der Waals surface area contributed by atoms with Crippen molar-refractivity contribution in [1.82, 2.24) is 4.90 Å². The van der Waals surface area contributed by atoms with Gasteiger partial charge in [-0.15, -0.1) is 0 Å². The highest BCUT2D eigenvalue weighted by molar-refractivity contribution is 5.70. The molecule has 3 nitrogen and oxygen atoms in total. The lowest BCUT2D eigenvalue weighted by Crippen LogP contribution is -2.39. The number of carboxylic acids is 1. The lowest BCUT2D eigenvalue weighted by molar-refractivity contribution is -0.141. The third-order valence-electron chi connectivity index (χ3n) is 5.01. The number of hydrogen-bond donors (Lipinski definition) is 1. The molecule has 1 atom stereocenters. The van der Waals surface area contributed by atoms with Gasteiger partial charge in [0, 0.05) is 12.6 Å². The monoisotopic (exact) mass is 253 g/mol. The molecule has 1 saturated heterocycles. The number of carboxylic acid groups (broad SMARTS) is 1. The maximum atomic E-state index is 11.0. The molecule has 0 aromatic heterocycles. The highest BCUT2D eigenvalue weighted by Gasteiger charge is 2.36. The molecule has 2 rings (SSSR count). The van der Waals surface area contributed by atoms with Crippen molar-refractivity contribution in [2.45, 2.75) is 58.9 Å². The third-order valence-corrected chi connectivity index (χ3v) is 5.01. The molecule has 0 bridgehead atoms. The normalized spacial score (nSPS) is 34.7. The summed E-state index contributed by atoms with van der Waals surface area (Å²) in [6.45, 7) is 8.79. The Balaban J connectivity index is 1.82. The van der Waals surface area contributed by atoms with E-state index < -0.39 is 5.97 Å². The van der Waals surface area contributed by atoms with Gasteiger partial charge in [0.25, 0.3) is 0 Å². The Morgan fingerprint density at radius 2 is 1.72 bits per heavy atom. The first-order valence-corrected chi connectivity index (χ1v) is 7.35. The SMILES string of the molecule is CC(C)(C)C1CCC(N2CCC(C(=O)O)C2)CC1. The van der Waals surface area contributed by atoms with E-state index >= 15 is 0 Å². The van der Waals surface area contributed by atoms with Crippen LogP contribution in [0.4, 0.5) is 0 Å². The van der Waals surface area contributed by atoms with Crippen LogP contribution in [0.3, 0.4) is 0 Å². The van der Waals surface area contributed by atoms with Crippen molar-refractivity contribution in [3.8, 4) is 0 Å². The van der Waals surface area contributed by atoms with Gasteiger partial charge in [-0.05, 0) is 50.0 Å². The molecule has 1 aliphatic carbocycles. The van der Waals surface area contributed by atoms with E-state index in [9.17, 15) is 4.79 Å². The molecule has 1 heterocycles. The van der Waals surface area contributed by atoms with E-state index in [0.717, 1.165) is 25.4 Å². The van der Waals surface area contributed by atoms with Gasteiger partial charge in [0.1, 0.15) is 0 Å². The van der Waals surface area contributed by atoms with E-state index in [4.69, 9.17) is 5.11 Å². The maximum absolute atomic E-state index is 11.0. The molecule has 1 saturated carbocycles. The number of likely N-dealkylation sites (tertiary alicyclic amines) is 1. The van der Waals surface area contributed by atoms with Gasteiger partial charge in [-0.25, -0.2) is 0 Å². The smallest absolute Gasteiger partial charge is 0.307 e. The Morgan fingerprint density at radius 1 is 1.11 bits per heavy atom. The predicted molar refractivity (Wildman–Crippen MR) is 72.5 cm³/mol. The number of carbonyl (C=O) groups is 1. The Kier molecular flexibility index (Phi) is 4.00. The second kappa shape index (κ2) is 5.20. The lowest BCUT2D eigenvalue weighted by atomic mass is 9.71. The number of rotatable bonds is 2. The van der Waals surface area contributed by atoms with Crippen molar-refractivity contribution in [3.05, 3.63) is 0 Å². The van der Waals surface area contributed by atoms with E-state index in [-0.39, 0.29) is 5.92 Å². The van der Waals surface area contributed by atoms with Crippen LogP contribution in [0, 0.1) is 17.3 Å². The van der Waals surface area contributed by atoms with Crippen LogP contribution in [0.25, 0.3) is 0 Å². The topological polar surface area (TPSA) is 40.5 Å². The standard InChI is InChI=1S/C15H27NO2/c1-15(2,3)12-4-6-13(7-5-12)16-9-8-11(10-16)14(17)18/h11-13H,4-10H2,1-3H3,(H,17,18). The quantitative estimate of drug-likeness (QED) is 0.822. The van der Waals surface area contributed by atoms with Crippen molar-refractivity contribution in [1.29, 1.82) is 0 Å². The Hall–Kier alpha value is -0.570. The van der Waals surface area contributed by atoms with Crippen molar-refractivity contribution < 1.29 is 9.90 Å². The molecule has 0 spiro atoms. The number of aliphatic carboxylic acids is 1. The highest BCUT2D eigenvalue weighted by atomic mass is 16.4. The average molecular weight is 253 g/mol. The minimum atomic E-state index is -0.610. The molecule has 0 aromatic carbocycles. The first kappa shape index (κ1) is 13.9. The van der Waals surface area contributed by atoms with Gasteiger partial charge >= 0.3 is 5.97 Å². The minimum absolute atomic E-state index is 0.120. The van der Waals surface area contributed by atoms with Gasteiger partial charge in [0.05, 0.1) is 5.92 Å². The fraction of sp³-hybridized carbons (Fsp3) is 0.933. The Morgan fingerprint density at radius 3 is 2.17 bits per heavy atom. The van der Waals surface area contributed by atoms with Crippen LogP contribution in [-0.4, -0.2) is 35.1 Å². The zero-order valence-electron chi connectivity index (χ0n) is 12.0. The van der Waals surface area contributed by atoms with Crippen molar-refractivity contribution in [2.24, 2.45) is 17.3 Å². The van der Waals surface area contributed by atoms with E-state index in [2.05, 4.69) is 25.7 Å². The minimum Gasteiger partial charge on any atom is -0.481 e. The fourth-order valence-corrected chi connectivity index (χ4v) is 3.63. The predicted octanol–water partition coefficient (Wildman–Crippen LogP) is 3.00. The number of nitrogens with zero attached hydrogens (tertiary/aromatic N) is 1. The van der Waals surface area contributed by atoms with Crippen LogP contribution in [0.5, 0.6) is 0 Å². The second-order valence-electron chi connectivity index (χ2n) is 7.19. The van der Waals surface area contributed by atoms with Crippen LogP contribution < -0.4 is 0 Å². The molecular formula is C15H27NO2. The molecule has 104 valence electrons. The van der Waals surface area contributed by atoms with Gasteiger partial charge in [-0.2, -0.15) is 0 Å². The molecule has 0 amide bonds. The van der Waals surface area contributed by atoms with Gasteiger partial charge in [0.15, 0.2) is 0 Å². The van der Waals surface area contributed by atoms with Crippen LogP contribution in [0.1, 0.15) is 52.9 Å². The maximum Gasteiger partial charge on any atom is 0.307 e. The van der Waals surface area contributed by atoms with Gasteiger partial charge in [-0.1, -0.05) is 20.8 Å². The molecule has 2 fully saturated rings. The molecule has 2 aliphatic rings. The summed E-state index contributed by atoms with van der Waals surface area (Å²) in [7, 11) is 0. The van der Waals surface area contributed by atoms with Gasteiger partial charge < -0.3 is 5.11 Å². The van der Waals surface area contributed by atoms with E-state index in [0.29, 0.717) is 11.5 Å². The summed E-state index contributed by atoms with van der Waals surface area (Å²) in [5, 5.41) is 9.05. The van der Waals surface area contributed by atoms with Gasteiger partial charge in [0.2, 0.25) is 0 Å². The molecule has 3 heteroatoms. The zero-order valence-corrected chi connectivity index (χ0v) is 12.0. The second-order valence-corrected chi connectivity index (χ2v) is 7.19. The lowest BCUT2D eigenvalue weighted by Gasteiger charge is -2.40. The Bertz CT molecular complexity index is 300. The summed E-state index contributed by atoms with van der Waals surface area (Å²) in [6, 6.07) is 0.646. The van der Waals surface area contributed by atoms with Crippen molar-refractivity contribution >= 4 is 5.97 Å². The van der Waals surface area contributed by atoms with E-state index in [1.165, 1.54) is 25.7 Å². The van der Waals surface area contributed by atoms with E-state index in [1.54, 1.807) is 0 Å². The summed E-state index contributed by atoms with van der Waals surface area (Å²) in [5.74, 6) is 0.109. The largest absolute Gasteiger partial charge is 0.481 e. The van der Waals surface area contributed by atoms with Crippen molar-refractivity contribution in [3.63, 3.8) is 0 Å². The molecule has 1 unspecified atom stereocenters. The van der Waals surface area contributed by atoms with E-state index in [1.807, 2.05) is 0 Å². The summed E-state index contributed by atoms with van der Waals surface area (Å²) >= 11 is 0. The summed E-state index contributed by atoms with van der Waals surface area (Å²) in [5.41, 5.74) is 0.430. The molecule has 18 heavy (non-hydrogen) atoms. The summed E-state index contributed by atoms with van der Waals surface area (Å²) in [4.78, 5) is 13.4. The average Bonchev–Trinajstić information content (AvgIpc) is 2.77. The highest BCUT2D eigenvalue weighted by Crippen LogP contribution is 2.39. The van der Waals surface area contributed by atoms with Crippen LogP contribution in [0.15, 0.2) is 0 Å². The Labute approximate surface area is 111 Å². The molecule has 1 N–H and O–H groups in total. The first-order chi connectivity index (χ1) is 8.38. The molecule has 0 aromatic rings. The van der Waals surface area contributed by atoms with Crippen molar-refractivity contribution in [2.75, 3.05) is 13.1 Å². The summed E-state index contributed by atoms with van der Waals surface area (Å²) < 4.78 is 0. The first-order valence-electron chi connectivity index (χ1n) is 7.35. The molecular weight excluding hydrogens is 226 g/mol. The van der Waals surface area contributed by atoms with Crippen LogP contribution in [-0.2, 0) is 4.79 Å². The van der Waals surface area contributed by atoms with Crippen LogP contribution >= 0.6 is 0 Å². The third kappa shape index (κ3) is 3.05. The fourth-order valence-electron chi connectivity index (χ4n) is 3.63. The van der Waals surface area contributed by atoms with Crippen LogP contribution in [0.2, 0.25) is 0 Å². The molecule has 1 aliphatic heterocycles. The molecule has 0 radical (unpaired) electrons. The zero-order chi connectivity index (χ0) is 13.3. The summed E-state index contributed by atoms with van der Waals surface area (Å²) in [6.07, 6.45) is 5.97.